The van der Waals surface area contributed by atoms with Crippen molar-refractivity contribution in [3.05, 3.63) is 16.5 Å². The fraction of sp³-hybridized carbons (Fsp3) is 0.714. The normalized spacial score (nSPS) is 12.8. The van der Waals surface area contributed by atoms with Gasteiger partial charge >= 0.3 is 0 Å². The van der Waals surface area contributed by atoms with E-state index in [1.54, 1.807) is 0 Å². The molecule has 0 saturated heterocycles. The Bertz CT molecular complexity index is 405. The third kappa shape index (κ3) is 4.62. The average molecular weight is 285 g/mol. The van der Waals surface area contributed by atoms with Gasteiger partial charge in [0.2, 0.25) is 0 Å². The molecular weight excluding hydrogens is 260 g/mol. The van der Waals surface area contributed by atoms with Crippen LogP contribution in [-0.4, -0.2) is 40.5 Å². The number of aryl methyl sites for hydroxylation is 1. The van der Waals surface area contributed by atoms with E-state index in [1.165, 1.54) is 0 Å². The van der Waals surface area contributed by atoms with E-state index in [4.69, 9.17) is 11.6 Å². The van der Waals surface area contributed by atoms with E-state index in [-0.39, 0.29) is 0 Å². The minimum absolute atomic E-state index is 0.328. The van der Waals surface area contributed by atoms with Crippen molar-refractivity contribution in [2.75, 3.05) is 25.0 Å². The van der Waals surface area contributed by atoms with Gasteiger partial charge in [-0.15, -0.1) is 0 Å². The van der Waals surface area contributed by atoms with Crippen LogP contribution in [-0.2, 0) is 6.42 Å². The van der Waals surface area contributed by atoms with E-state index in [9.17, 15) is 0 Å². The molecule has 0 saturated carbocycles. The quantitative estimate of drug-likeness (QED) is 0.781. The highest BCUT2D eigenvalue weighted by atomic mass is 35.5. The number of nitrogens with one attached hydrogen (secondary N) is 1. The zero-order valence-electron chi connectivity index (χ0n) is 12.6. The number of hydrogen-bond acceptors (Lipinski definition) is 4. The zero-order valence-corrected chi connectivity index (χ0v) is 13.4. The van der Waals surface area contributed by atoms with E-state index < -0.39 is 0 Å². The Balaban J connectivity index is 2.78. The smallest absolute Gasteiger partial charge is 0.137 e. The van der Waals surface area contributed by atoms with E-state index in [2.05, 4.69) is 41.0 Å². The van der Waals surface area contributed by atoms with Crippen LogP contribution in [0.1, 0.15) is 39.1 Å². The van der Waals surface area contributed by atoms with Crippen molar-refractivity contribution in [3.8, 4) is 0 Å². The number of halogens is 1. The molecule has 0 aliphatic carbocycles. The molecule has 5 heteroatoms. The van der Waals surface area contributed by atoms with Gasteiger partial charge in [0.25, 0.3) is 0 Å². The van der Waals surface area contributed by atoms with Crippen molar-refractivity contribution in [1.82, 2.24) is 14.9 Å². The van der Waals surface area contributed by atoms with Gasteiger partial charge in [0, 0.05) is 24.6 Å². The maximum atomic E-state index is 6.14. The molecule has 0 amide bonds. The van der Waals surface area contributed by atoms with Crippen LogP contribution in [0.25, 0.3) is 0 Å². The topological polar surface area (TPSA) is 41.1 Å². The molecule has 1 heterocycles. The molecule has 0 aromatic carbocycles. The SMILES string of the molecule is CCc1nc(Cl)c(C)c(NC(C)CN(CC)CC)n1. The molecular formula is C14H25ClN4. The first-order valence-corrected chi connectivity index (χ1v) is 7.41. The van der Waals surface area contributed by atoms with Crippen molar-refractivity contribution >= 4 is 17.4 Å². The molecule has 19 heavy (non-hydrogen) atoms. The number of nitrogens with zero attached hydrogens (tertiary/aromatic N) is 3. The van der Waals surface area contributed by atoms with Gasteiger partial charge in [-0.3, -0.25) is 0 Å². The largest absolute Gasteiger partial charge is 0.366 e. The Labute approximate surface area is 121 Å². The lowest BCUT2D eigenvalue weighted by molar-refractivity contribution is 0.294. The molecule has 1 aromatic rings. The van der Waals surface area contributed by atoms with E-state index in [1.807, 2.05) is 13.8 Å². The van der Waals surface area contributed by atoms with E-state index in [0.717, 1.165) is 43.3 Å². The van der Waals surface area contributed by atoms with Crippen LogP contribution < -0.4 is 5.32 Å². The number of likely N-dealkylation sites (N-methyl/N-ethyl adjacent to an activating group) is 1. The summed E-state index contributed by atoms with van der Waals surface area (Å²) in [6, 6.07) is 0.328. The Morgan fingerprint density at radius 2 is 1.84 bits per heavy atom. The van der Waals surface area contributed by atoms with Crippen molar-refractivity contribution < 1.29 is 0 Å². The second-order valence-electron chi connectivity index (χ2n) is 4.79. The van der Waals surface area contributed by atoms with Crippen molar-refractivity contribution in [1.29, 1.82) is 0 Å². The summed E-state index contributed by atoms with van der Waals surface area (Å²) < 4.78 is 0. The Hall–Kier alpha value is -0.870. The second-order valence-corrected chi connectivity index (χ2v) is 5.15. The third-order valence-corrected chi connectivity index (χ3v) is 3.63. The van der Waals surface area contributed by atoms with Crippen LogP contribution in [0.15, 0.2) is 0 Å². The number of hydrogen-bond donors (Lipinski definition) is 1. The van der Waals surface area contributed by atoms with Crippen LogP contribution in [0.5, 0.6) is 0 Å². The molecule has 1 atom stereocenters. The average Bonchev–Trinajstić information content (AvgIpc) is 2.40. The van der Waals surface area contributed by atoms with Gasteiger partial charge in [0.05, 0.1) is 0 Å². The summed E-state index contributed by atoms with van der Waals surface area (Å²) in [5, 5.41) is 3.99. The summed E-state index contributed by atoms with van der Waals surface area (Å²) >= 11 is 6.14. The summed E-state index contributed by atoms with van der Waals surface area (Å²) in [5.41, 5.74) is 0.922. The predicted molar refractivity (Wildman–Crippen MR) is 82.0 cm³/mol. The molecule has 4 nitrogen and oxygen atoms in total. The van der Waals surface area contributed by atoms with Crippen molar-refractivity contribution in [2.45, 2.75) is 47.1 Å². The Morgan fingerprint density at radius 3 is 2.37 bits per heavy atom. The fourth-order valence-corrected chi connectivity index (χ4v) is 2.17. The zero-order chi connectivity index (χ0) is 14.4. The predicted octanol–water partition coefficient (Wildman–Crippen LogP) is 3.14. The highest BCUT2D eigenvalue weighted by molar-refractivity contribution is 6.30. The molecule has 0 fully saturated rings. The van der Waals surface area contributed by atoms with Crippen LogP contribution in [0.3, 0.4) is 0 Å². The molecule has 0 spiro atoms. The van der Waals surface area contributed by atoms with Gasteiger partial charge in [0.15, 0.2) is 0 Å². The van der Waals surface area contributed by atoms with Gasteiger partial charge in [-0.2, -0.15) is 0 Å². The molecule has 1 N–H and O–H groups in total. The van der Waals surface area contributed by atoms with Gasteiger partial charge in [-0.25, -0.2) is 9.97 Å². The molecule has 0 aliphatic rings. The van der Waals surface area contributed by atoms with E-state index in [0.29, 0.717) is 11.2 Å². The summed E-state index contributed by atoms with van der Waals surface area (Å²) in [7, 11) is 0. The van der Waals surface area contributed by atoms with Gasteiger partial charge in [0.1, 0.15) is 16.8 Å². The lowest BCUT2D eigenvalue weighted by Gasteiger charge is -2.24. The minimum atomic E-state index is 0.328. The summed E-state index contributed by atoms with van der Waals surface area (Å²) in [4.78, 5) is 11.2. The number of aromatic nitrogens is 2. The maximum Gasteiger partial charge on any atom is 0.137 e. The van der Waals surface area contributed by atoms with Gasteiger partial charge < -0.3 is 10.2 Å². The highest BCUT2D eigenvalue weighted by Gasteiger charge is 2.12. The molecule has 0 aliphatic heterocycles. The molecule has 0 bridgehead atoms. The standard InChI is InChI=1S/C14H25ClN4/c1-6-12-17-13(15)11(5)14(18-12)16-10(4)9-19(7-2)8-3/h10H,6-9H2,1-5H3,(H,16,17,18). The number of anilines is 1. The third-order valence-electron chi connectivity index (χ3n) is 3.26. The summed E-state index contributed by atoms with van der Waals surface area (Å²) in [5.74, 6) is 1.64. The van der Waals surface area contributed by atoms with Gasteiger partial charge in [-0.1, -0.05) is 32.4 Å². The summed E-state index contributed by atoms with van der Waals surface area (Å²) in [6.07, 6.45) is 0.791. The van der Waals surface area contributed by atoms with Crippen LogP contribution >= 0.6 is 11.6 Å². The minimum Gasteiger partial charge on any atom is -0.366 e. The fourth-order valence-electron chi connectivity index (χ4n) is 1.98. The molecule has 0 radical (unpaired) electrons. The highest BCUT2D eigenvalue weighted by Crippen LogP contribution is 2.20. The second kappa shape index (κ2) is 7.65. The van der Waals surface area contributed by atoms with Crippen LogP contribution in [0.4, 0.5) is 5.82 Å². The molecule has 1 unspecified atom stereocenters. The van der Waals surface area contributed by atoms with Crippen molar-refractivity contribution in [3.63, 3.8) is 0 Å². The van der Waals surface area contributed by atoms with Crippen molar-refractivity contribution in [2.24, 2.45) is 0 Å². The summed E-state index contributed by atoms with van der Waals surface area (Å²) in [6.45, 7) is 13.6. The Morgan fingerprint density at radius 1 is 1.21 bits per heavy atom. The lowest BCUT2D eigenvalue weighted by Crippen LogP contribution is -2.35. The maximum absolute atomic E-state index is 6.14. The van der Waals surface area contributed by atoms with E-state index >= 15 is 0 Å². The first kappa shape index (κ1) is 16.2. The van der Waals surface area contributed by atoms with Crippen LogP contribution in [0.2, 0.25) is 5.15 Å². The van der Waals surface area contributed by atoms with Gasteiger partial charge in [-0.05, 0) is 26.9 Å². The monoisotopic (exact) mass is 284 g/mol. The molecule has 1 aromatic heterocycles. The lowest BCUT2D eigenvalue weighted by atomic mass is 10.2. The van der Waals surface area contributed by atoms with Crippen LogP contribution in [0, 0.1) is 6.92 Å². The molecule has 108 valence electrons. The first-order chi connectivity index (χ1) is 9.01. The first-order valence-electron chi connectivity index (χ1n) is 7.03. The molecule has 1 rings (SSSR count). The number of rotatable bonds is 7. The Kier molecular flexibility index (Phi) is 6.52.